The molecule has 0 heterocycles. The first-order valence-corrected chi connectivity index (χ1v) is 5.35. The van der Waals surface area contributed by atoms with Crippen molar-refractivity contribution < 1.29 is 4.74 Å². The van der Waals surface area contributed by atoms with Gasteiger partial charge in [-0.2, -0.15) is 0 Å². The third-order valence-corrected chi connectivity index (χ3v) is 2.09. The van der Waals surface area contributed by atoms with E-state index in [0.29, 0.717) is 5.88 Å². The summed E-state index contributed by atoms with van der Waals surface area (Å²) in [6.07, 6.45) is -0.0159. The van der Waals surface area contributed by atoms with Gasteiger partial charge in [-0.05, 0) is 26.3 Å². The van der Waals surface area contributed by atoms with E-state index in [1.165, 1.54) is 0 Å². The zero-order valence-electron chi connectivity index (χ0n) is 8.96. The average molecular weight is 213 g/mol. The Morgan fingerprint density at radius 1 is 1.21 bits per heavy atom. The van der Waals surface area contributed by atoms with Crippen LogP contribution in [0.1, 0.15) is 32.4 Å². The van der Waals surface area contributed by atoms with Crippen molar-refractivity contribution in [2.75, 3.05) is 5.88 Å². The Balaban J connectivity index is 2.73. The number of hydrogen-bond donors (Lipinski definition) is 0. The highest BCUT2D eigenvalue weighted by atomic mass is 35.5. The highest BCUT2D eigenvalue weighted by Gasteiger charge is 2.19. The zero-order chi connectivity index (χ0) is 10.6. The Kier molecular flexibility index (Phi) is 3.97. The summed E-state index contributed by atoms with van der Waals surface area (Å²) in [6.45, 7) is 6.11. The fraction of sp³-hybridized carbons (Fsp3) is 0.500. The van der Waals surface area contributed by atoms with Crippen LogP contribution in [0.4, 0.5) is 0 Å². The number of ether oxygens (including phenoxy) is 1. The normalized spacial score (nSPS) is 14.0. The van der Waals surface area contributed by atoms with Crippen molar-refractivity contribution in [3.63, 3.8) is 0 Å². The van der Waals surface area contributed by atoms with Crippen LogP contribution in [0, 0.1) is 0 Å². The number of alkyl halides is 1. The second-order valence-electron chi connectivity index (χ2n) is 4.28. The van der Waals surface area contributed by atoms with Crippen molar-refractivity contribution in [1.82, 2.24) is 0 Å². The molecule has 0 fully saturated rings. The molecule has 1 unspecified atom stereocenters. The Morgan fingerprint density at radius 3 is 2.21 bits per heavy atom. The smallest absolute Gasteiger partial charge is 0.0967 e. The van der Waals surface area contributed by atoms with E-state index < -0.39 is 0 Å². The van der Waals surface area contributed by atoms with Gasteiger partial charge in [-0.3, -0.25) is 0 Å². The molecule has 0 saturated carbocycles. The lowest BCUT2D eigenvalue weighted by atomic mass is 10.1. The van der Waals surface area contributed by atoms with Crippen LogP contribution in [-0.4, -0.2) is 11.5 Å². The van der Waals surface area contributed by atoms with Gasteiger partial charge in [0.15, 0.2) is 0 Å². The molecular weight excluding hydrogens is 196 g/mol. The van der Waals surface area contributed by atoms with Gasteiger partial charge in [-0.1, -0.05) is 30.3 Å². The molecule has 0 aliphatic heterocycles. The van der Waals surface area contributed by atoms with E-state index >= 15 is 0 Å². The molecule has 0 aliphatic carbocycles. The van der Waals surface area contributed by atoms with Crippen molar-refractivity contribution >= 4 is 11.6 Å². The number of benzene rings is 1. The highest BCUT2D eigenvalue weighted by molar-refractivity contribution is 6.18. The van der Waals surface area contributed by atoms with Crippen molar-refractivity contribution in [2.24, 2.45) is 0 Å². The first-order valence-electron chi connectivity index (χ1n) is 4.81. The van der Waals surface area contributed by atoms with E-state index in [2.05, 4.69) is 0 Å². The lowest BCUT2D eigenvalue weighted by Crippen LogP contribution is -2.23. The monoisotopic (exact) mass is 212 g/mol. The number of rotatable bonds is 3. The van der Waals surface area contributed by atoms with Gasteiger partial charge < -0.3 is 4.74 Å². The summed E-state index contributed by atoms with van der Waals surface area (Å²) in [6, 6.07) is 10.1. The van der Waals surface area contributed by atoms with Crippen LogP contribution in [0.15, 0.2) is 30.3 Å². The molecule has 2 heteroatoms. The molecule has 1 aromatic carbocycles. The fourth-order valence-corrected chi connectivity index (χ4v) is 1.52. The zero-order valence-corrected chi connectivity index (χ0v) is 9.71. The molecule has 0 bridgehead atoms. The maximum absolute atomic E-state index is 5.88. The topological polar surface area (TPSA) is 9.23 Å². The van der Waals surface area contributed by atoms with Crippen LogP contribution in [0.5, 0.6) is 0 Å². The van der Waals surface area contributed by atoms with Gasteiger partial charge in [0.1, 0.15) is 0 Å². The minimum atomic E-state index is -0.157. The number of hydrogen-bond acceptors (Lipinski definition) is 1. The van der Waals surface area contributed by atoms with Crippen LogP contribution < -0.4 is 0 Å². The molecule has 0 N–H and O–H groups in total. The maximum atomic E-state index is 5.88. The first-order chi connectivity index (χ1) is 6.53. The van der Waals surface area contributed by atoms with Crippen LogP contribution in [0.25, 0.3) is 0 Å². The van der Waals surface area contributed by atoms with Gasteiger partial charge in [-0.15, -0.1) is 11.6 Å². The Morgan fingerprint density at radius 2 is 1.79 bits per heavy atom. The molecule has 0 radical (unpaired) electrons. The Hall–Kier alpha value is -0.530. The molecule has 0 saturated heterocycles. The van der Waals surface area contributed by atoms with E-state index in [4.69, 9.17) is 16.3 Å². The molecule has 1 aromatic rings. The summed E-state index contributed by atoms with van der Waals surface area (Å²) in [5.41, 5.74) is 0.979. The third-order valence-electron chi connectivity index (χ3n) is 1.81. The molecule has 78 valence electrons. The van der Waals surface area contributed by atoms with Crippen molar-refractivity contribution in [2.45, 2.75) is 32.5 Å². The van der Waals surface area contributed by atoms with E-state index in [1.54, 1.807) is 0 Å². The van der Waals surface area contributed by atoms with Crippen LogP contribution in [0.2, 0.25) is 0 Å². The Bertz CT molecular complexity index is 263. The second kappa shape index (κ2) is 4.81. The second-order valence-corrected chi connectivity index (χ2v) is 4.59. The van der Waals surface area contributed by atoms with E-state index in [0.717, 1.165) is 5.56 Å². The quantitative estimate of drug-likeness (QED) is 0.693. The largest absolute Gasteiger partial charge is 0.367 e. The summed E-state index contributed by atoms with van der Waals surface area (Å²) in [5, 5.41) is 0. The fourth-order valence-electron chi connectivity index (χ4n) is 1.28. The van der Waals surface area contributed by atoms with Gasteiger partial charge in [0.05, 0.1) is 17.6 Å². The van der Waals surface area contributed by atoms with Gasteiger partial charge in [0, 0.05) is 0 Å². The van der Waals surface area contributed by atoms with Crippen molar-refractivity contribution in [3.8, 4) is 0 Å². The molecule has 1 nitrogen and oxygen atoms in total. The minimum Gasteiger partial charge on any atom is -0.367 e. The lowest BCUT2D eigenvalue weighted by Gasteiger charge is -2.26. The molecule has 0 aliphatic rings. The summed E-state index contributed by atoms with van der Waals surface area (Å²) in [4.78, 5) is 0. The van der Waals surface area contributed by atoms with Crippen molar-refractivity contribution in [3.05, 3.63) is 35.9 Å². The molecule has 0 spiro atoms. The van der Waals surface area contributed by atoms with E-state index in [-0.39, 0.29) is 11.7 Å². The predicted octanol–water partition coefficient (Wildman–Crippen LogP) is 3.78. The molecule has 1 atom stereocenters. The highest BCUT2D eigenvalue weighted by Crippen LogP contribution is 2.24. The van der Waals surface area contributed by atoms with Crippen LogP contribution in [0.3, 0.4) is 0 Å². The van der Waals surface area contributed by atoms with Crippen molar-refractivity contribution in [1.29, 1.82) is 0 Å². The standard InChI is InChI=1S/C12H17ClO/c1-12(2,3)14-11(9-13)10-7-5-4-6-8-10/h4-8,11H,9H2,1-3H3. The summed E-state index contributed by atoms with van der Waals surface area (Å²) < 4.78 is 5.84. The molecular formula is C12H17ClO. The van der Waals surface area contributed by atoms with Gasteiger partial charge in [0.2, 0.25) is 0 Å². The van der Waals surface area contributed by atoms with Gasteiger partial charge in [0.25, 0.3) is 0 Å². The van der Waals surface area contributed by atoms with Gasteiger partial charge >= 0.3 is 0 Å². The maximum Gasteiger partial charge on any atom is 0.0967 e. The number of halogens is 1. The minimum absolute atomic E-state index is 0.0159. The summed E-state index contributed by atoms with van der Waals surface area (Å²) in [7, 11) is 0. The molecule has 14 heavy (non-hydrogen) atoms. The van der Waals surface area contributed by atoms with Crippen LogP contribution in [-0.2, 0) is 4.74 Å². The summed E-state index contributed by atoms with van der Waals surface area (Å²) >= 11 is 5.88. The Labute approximate surface area is 91.0 Å². The summed E-state index contributed by atoms with van der Waals surface area (Å²) in [5.74, 6) is 0.487. The van der Waals surface area contributed by atoms with E-state index in [1.807, 2.05) is 51.1 Å². The molecule has 0 aromatic heterocycles. The SMILES string of the molecule is CC(C)(C)OC(CCl)c1ccccc1. The molecule has 1 rings (SSSR count). The third kappa shape index (κ3) is 3.69. The lowest BCUT2D eigenvalue weighted by molar-refractivity contribution is -0.0513. The average Bonchev–Trinajstić information content (AvgIpc) is 2.14. The van der Waals surface area contributed by atoms with Gasteiger partial charge in [-0.25, -0.2) is 0 Å². The predicted molar refractivity (Wildman–Crippen MR) is 60.7 cm³/mol. The van der Waals surface area contributed by atoms with E-state index in [9.17, 15) is 0 Å². The first kappa shape index (κ1) is 11.5. The molecule has 0 amide bonds. The van der Waals surface area contributed by atoms with Crippen LogP contribution >= 0.6 is 11.6 Å².